The highest BCUT2D eigenvalue weighted by molar-refractivity contribution is 7.13. The number of rotatable bonds is 4. The van der Waals surface area contributed by atoms with Gasteiger partial charge in [0.05, 0.1) is 23.2 Å². The fourth-order valence-corrected chi connectivity index (χ4v) is 2.93. The van der Waals surface area contributed by atoms with Crippen LogP contribution in [0.4, 0.5) is 0 Å². The van der Waals surface area contributed by atoms with Crippen LogP contribution in [-0.2, 0) is 11.3 Å². The highest BCUT2D eigenvalue weighted by Crippen LogP contribution is 2.23. The van der Waals surface area contributed by atoms with Crippen molar-refractivity contribution in [3.8, 4) is 10.8 Å². The standard InChI is InChI=1S/C14H17N3O2S.ClH/c18-13(11-4-1-2-6-15-11)16-8-10-9-19-14(17-10)12-5-3-7-20-12;/h3,5,7,9,11,15H,1-2,4,6,8H2,(H,16,18);1H. The molecule has 2 aromatic rings. The smallest absolute Gasteiger partial charge is 0.237 e. The third-order valence-electron chi connectivity index (χ3n) is 3.35. The van der Waals surface area contributed by atoms with Crippen molar-refractivity contribution in [1.29, 1.82) is 0 Å². The molecule has 114 valence electrons. The normalized spacial score (nSPS) is 18.0. The molecule has 1 unspecified atom stereocenters. The molecule has 0 aromatic carbocycles. The van der Waals surface area contributed by atoms with E-state index in [0.717, 1.165) is 36.4 Å². The lowest BCUT2D eigenvalue weighted by Gasteiger charge is -2.22. The number of oxazole rings is 1. The monoisotopic (exact) mass is 327 g/mol. The van der Waals surface area contributed by atoms with Gasteiger partial charge in [-0.05, 0) is 30.8 Å². The van der Waals surface area contributed by atoms with Gasteiger partial charge < -0.3 is 15.1 Å². The van der Waals surface area contributed by atoms with Crippen LogP contribution in [0.25, 0.3) is 10.8 Å². The molecule has 0 bridgehead atoms. The van der Waals surface area contributed by atoms with Gasteiger partial charge in [0.2, 0.25) is 11.8 Å². The summed E-state index contributed by atoms with van der Waals surface area (Å²) in [6.45, 7) is 1.33. The molecule has 3 heterocycles. The summed E-state index contributed by atoms with van der Waals surface area (Å²) in [5.41, 5.74) is 0.748. The fourth-order valence-electron chi connectivity index (χ4n) is 2.28. The Morgan fingerprint density at radius 1 is 1.52 bits per heavy atom. The lowest BCUT2D eigenvalue weighted by molar-refractivity contribution is -0.123. The zero-order valence-corrected chi connectivity index (χ0v) is 13.1. The van der Waals surface area contributed by atoms with Gasteiger partial charge in [0.25, 0.3) is 0 Å². The van der Waals surface area contributed by atoms with Crippen molar-refractivity contribution in [3.63, 3.8) is 0 Å². The third kappa shape index (κ3) is 4.06. The molecule has 7 heteroatoms. The number of nitrogens with zero attached hydrogens (tertiary/aromatic N) is 1. The molecule has 2 aromatic heterocycles. The Balaban J connectivity index is 0.00000161. The Kier molecular flexibility index (Phi) is 5.78. The average Bonchev–Trinajstić information content (AvgIpc) is 3.16. The minimum Gasteiger partial charge on any atom is -0.443 e. The van der Waals surface area contributed by atoms with Gasteiger partial charge in [-0.2, -0.15) is 0 Å². The zero-order valence-electron chi connectivity index (χ0n) is 11.5. The number of carbonyl (C=O) groups is 1. The van der Waals surface area contributed by atoms with Crippen LogP contribution >= 0.6 is 23.7 Å². The van der Waals surface area contributed by atoms with Gasteiger partial charge >= 0.3 is 0 Å². The summed E-state index contributed by atoms with van der Waals surface area (Å²) in [4.78, 5) is 17.4. The van der Waals surface area contributed by atoms with Crippen molar-refractivity contribution >= 4 is 29.7 Å². The van der Waals surface area contributed by atoms with Gasteiger partial charge in [0.15, 0.2) is 0 Å². The lowest BCUT2D eigenvalue weighted by atomic mass is 10.0. The third-order valence-corrected chi connectivity index (χ3v) is 4.21. The summed E-state index contributed by atoms with van der Waals surface area (Å²) in [7, 11) is 0. The largest absolute Gasteiger partial charge is 0.443 e. The summed E-state index contributed by atoms with van der Waals surface area (Å²) < 4.78 is 5.42. The Hall–Kier alpha value is -1.37. The minimum atomic E-state index is -0.0626. The number of carbonyl (C=O) groups excluding carboxylic acids is 1. The second-order valence-corrected chi connectivity index (χ2v) is 5.79. The molecule has 0 aliphatic carbocycles. The zero-order chi connectivity index (χ0) is 13.8. The van der Waals surface area contributed by atoms with Crippen LogP contribution in [-0.4, -0.2) is 23.5 Å². The van der Waals surface area contributed by atoms with E-state index in [9.17, 15) is 4.79 Å². The second kappa shape index (κ2) is 7.59. The van der Waals surface area contributed by atoms with Crippen LogP contribution in [0, 0.1) is 0 Å². The number of nitrogens with one attached hydrogen (secondary N) is 2. The quantitative estimate of drug-likeness (QED) is 0.905. The summed E-state index contributed by atoms with van der Waals surface area (Å²) >= 11 is 1.58. The predicted molar refractivity (Wildman–Crippen MR) is 84.6 cm³/mol. The summed E-state index contributed by atoms with van der Waals surface area (Å²) in [5, 5.41) is 8.12. The van der Waals surface area contributed by atoms with E-state index in [1.54, 1.807) is 17.6 Å². The van der Waals surface area contributed by atoms with Crippen LogP contribution in [0.15, 0.2) is 28.2 Å². The van der Waals surface area contributed by atoms with Crippen molar-refractivity contribution in [3.05, 3.63) is 29.5 Å². The molecule has 3 rings (SSSR count). The Labute approximate surface area is 133 Å². The van der Waals surface area contributed by atoms with Gasteiger partial charge in [0, 0.05) is 0 Å². The highest BCUT2D eigenvalue weighted by Gasteiger charge is 2.20. The number of hydrogen-bond acceptors (Lipinski definition) is 5. The Morgan fingerprint density at radius 2 is 2.43 bits per heavy atom. The molecule has 0 spiro atoms. The first-order valence-corrected chi connectivity index (χ1v) is 7.70. The Bertz CT molecular complexity index is 565. The first kappa shape index (κ1) is 16.0. The van der Waals surface area contributed by atoms with Crippen molar-refractivity contribution in [2.75, 3.05) is 6.54 Å². The van der Waals surface area contributed by atoms with E-state index in [4.69, 9.17) is 4.42 Å². The average molecular weight is 328 g/mol. The van der Waals surface area contributed by atoms with E-state index in [-0.39, 0.29) is 24.4 Å². The lowest BCUT2D eigenvalue weighted by Crippen LogP contribution is -2.46. The van der Waals surface area contributed by atoms with Crippen LogP contribution in [0.5, 0.6) is 0 Å². The molecule has 21 heavy (non-hydrogen) atoms. The maximum Gasteiger partial charge on any atom is 0.237 e. The van der Waals surface area contributed by atoms with Gasteiger partial charge in [-0.15, -0.1) is 23.7 Å². The van der Waals surface area contributed by atoms with E-state index >= 15 is 0 Å². The van der Waals surface area contributed by atoms with Gasteiger partial charge in [-0.1, -0.05) is 12.5 Å². The number of aromatic nitrogens is 1. The fraction of sp³-hybridized carbons (Fsp3) is 0.429. The van der Waals surface area contributed by atoms with Crippen LogP contribution in [0.3, 0.4) is 0 Å². The molecule has 1 saturated heterocycles. The molecular formula is C14H18ClN3O2S. The van der Waals surface area contributed by atoms with E-state index in [1.165, 1.54) is 0 Å². The molecule has 5 nitrogen and oxygen atoms in total. The van der Waals surface area contributed by atoms with Gasteiger partial charge in [-0.25, -0.2) is 4.98 Å². The van der Waals surface area contributed by atoms with Crippen molar-refractivity contribution in [2.45, 2.75) is 31.8 Å². The minimum absolute atomic E-state index is 0. The van der Waals surface area contributed by atoms with E-state index in [1.807, 2.05) is 17.5 Å². The number of hydrogen-bond donors (Lipinski definition) is 2. The van der Waals surface area contributed by atoms with Crippen molar-refractivity contribution in [1.82, 2.24) is 15.6 Å². The Morgan fingerprint density at radius 3 is 3.14 bits per heavy atom. The molecule has 2 N–H and O–H groups in total. The van der Waals surface area contributed by atoms with Crippen LogP contribution < -0.4 is 10.6 Å². The first-order valence-electron chi connectivity index (χ1n) is 6.82. The van der Waals surface area contributed by atoms with E-state index < -0.39 is 0 Å². The van der Waals surface area contributed by atoms with E-state index in [0.29, 0.717) is 12.4 Å². The first-order chi connectivity index (χ1) is 9.83. The summed E-state index contributed by atoms with van der Waals surface area (Å²) in [6.07, 6.45) is 4.77. The number of halogens is 1. The summed E-state index contributed by atoms with van der Waals surface area (Å²) in [6, 6.07) is 3.86. The molecule has 1 amide bonds. The van der Waals surface area contributed by atoms with Gasteiger partial charge in [0.1, 0.15) is 6.26 Å². The number of thiophene rings is 1. The van der Waals surface area contributed by atoms with Crippen LogP contribution in [0.1, 0.15) is 25.0 Å². The van der Waals surface area contributed by atoms with Crippen molar-refractivity contribution < 1.29 is 9.21 Å². The van der Waals surface area contributed by atoms with Crippen LogP contribution in [0.2, 0.25) is 0 Å². The highest BCUT2D eigenvalue weighted by atomic mass is 35.5. The molecule has 1 aliphatic heterocycles. The second-order valence-electron chi connectivity index (χ2n) is 4.84. The molecule has 1 aliphatic rings. The maximum atomic E-state index is 12.0. The van der Waals surface area contributed by atoms with Gasteiger partial charge in [-0.3, -0.25) is 4.79 Å². The SMILES string of the molecule is Cl.O=C(NCc1coc(-c2cccs2)n1)C1CCCCN1. The summed E-state index contributed by atoms with van der Waals surface area (Å²) in [5.74, 6) is 0.658. The van der Waals surface area contributed by atoms with E-state index in [2.05, 4.69) is 15.6 Å². The topological polar surface area (TPSA) is 67.2 Å². The molecule has 1 fully saturated rings. The molecular weight excluding hydrogens is 310 g/mol. The predicted octanol–water partition coefficient (Wildman–Crippen LogP) is 2.58. The van der Waals surface area contributed by atoms with Crippen molar-refractivity contribution in [2.24, 2.45) is 0 Å². The number of amides is 1. The molecule has 0 saturated carbocycles. The molecule has 1 atom stereocenters. The molecule has 0 radical (unpaired) electrons. The maximum absolute atomic E-state index is 12.0. The number of piperidine rings is 1.